The Balaban J connectivity index is 1.70. The van der Waals surface area contributed by atoms with Crippen molar-refractivity contribution in [2.45, 2.75) is 26.3 Å². The van der Waals surface area contributed by atoms with Crippen molar-refractivity contribution >= 4 is 23.2 Å². The summed E-state index contributed by atoms with van der Waals surface area (Å²) in [5.41, 5.74) is -0.628. The Hall–Kier alpha value is -2.22. The van der Waals surface area contributed by atoms with Crippen LogP contribution in [0.3, 0.4) is 0 Å². The lowest BCUT2D eigenvalue weighted by molar-refractivity contribution is -0.150. The van der Waals surface area contributed by atoms with E-state index in [0.717, 1.165) is 4.88 Å². The molecule has 1 atom stereocenters. The van der Waals surface area contributed by atoms with Gasteiger partial charge in [0, 0.05) is 18.0 Å². The molecule has 1 fully saturated rings. The maximum absolute atomic E-state index is 12.5. The number of aliphatic carboxylic acids is 1. The Morgan fingerprint density at radius 2 is 2.30 bits per heavy atom. The van der Waals surface area contributed by atoms with Gasteiger partial charge in [0.1, 0.15) is 0 Å². The zero-order chi connectivity index (χ0) is 16.4. The summed E-state index contributed by atoms with van der Waals surface area (Å²) in [4.78, 5) is 26.6. The second kappa shape index (κ2) is 6.11. The molecule has 0 saturated carbocycles. The molecule has 1 amide bonds. The van der Waals surface area contributed by atoms with Gasteiger partial charge >= 0.3 is 5.97 Å². The molecule has 2 aromatic heterocycles. The third-order valence-corrected chi connectivity index (χ3v) is 5.02. The lowest BCUT2D eigenvalue weighted by Gasteiger charge is -2.37. The van der Waals surface area contributed by atoms with Crippen LogP contribution in [-0.4, -0.2) is 50.0 Å². The van der Waals surface area contributed by atoms with Crippen LogP contribution in [0.5, 0.6) is 0 Å². The number of hydrogen-bond donors (Lipinski definition) is 1. The number of aromatic nitrogens is 3. The fourth-order valence-corrected chi connectivity index (χ4v) is 3.48. The number of carbonyl (C=O) groups excluding carboxylic acids is 1. The van der Waals surface area contributed by atoms with Crippen LogP contribution in [0.1, 0.15) is 35.1 Å². The fraction of sp³-hybridized carbons (Fsp3) is 0.467. The predicted octanol–water partition coefficient (Wildman–Crippen LogP) is 1.71. The number of amides is 1. The second-order valence-corrected chi connectivity index (χ2v) is 7.11. The van der Waals surface area contributed by atoms with Crippen molar-refractivity contribution < 1.29 is 14.7 Å². The van der Waals surface area contributed by atoms with E-state index in [4.69, 9.17) is 0 Å². The lowest BCUT2D eigenvalue weighted by atomic mass is 9.82. The molecule has 0 radical (unpaired) electrons. The highest BCUT2D eigenvalue weighted by Gasteiger charge is 2.39. The van der Waals surface area contributed by atoms with Gasteiger partial charge < -0.3 is 10.0 Å². The highest BCUT2D eigenvalue weighted by atomic mass is 32.1. The van der Waals surface area contributed by atoms with Crippen LogP contribution < -0.4 is 0 Å². The first-order valence-corrected chi connectivity index (χ1v) is 8.31. The molecule has 0 aliphatic carbocycles. The quantitative estimate of drug-likeness (QED) is 0.919. The number of rotatable bonds is 4. The molecule has 1 N–H and O–H groups in total. The van der Waals surface area contributed by atoms with Crippen LogP contribution in [0.2, 0.25) is 0 Å². The largest absolute Gasteiger partial charge is 0.481 e. The summed E-state index contributed by atoms with van der Waals surface area (Å²) in [7, 11) is 0. The van der Waals surface area contributed by atoms with Crippen molar-refractivity contribution in [1.29, 1.82) is 0 Å². The Labute approximate surface area is 137 Å². The van der Waals surface area contributed by atoms with Crippen molar-refractivity contribution in [3.8, 4) is 0 Å². The highest BCUT2D eigenvalue weighted by Crippen LogP contribution is 2.30. The van der Waals surface area contributed by atoms with Gasteiger partial charge in [-0.15, -0.1) is 16.4 Å². The molecule has 3 rings (SSSR count). The molecular formula is C15H18N4O3S. The summed E-state index contributed by atoms with van der Waals surface area (Å²) >= 11 is 1.62. The van der Waals surface area contributed by atoms with E-state index in [9.17, 15) is 14.7 Å². The van der Waals surface area contributed by atoms with Gasteiger partial charge in [0.2, 0.25) is 0 Å². The molecule has 0 spiro atoms. The second-order valence-electron chi connectivity index (χ2n) is 6.08. The molecule has 0 aromatic carbocycles. The standard InChI is InChI=1S/C15H18N4O3S/c1-15(14(21)22)5-3-6-18(10-15)13(20)12-9-19(17-16-12)8-11-4-2-7-23-11/h2,4,7,9H,3,5-6,8,10H2,1H3,(H,21,22). The molecule has 1 aliphatic rings. The van der Waals surface area contributed by atoms with E-state index in [1.165, 1.54) is 0 Å². The minimum Gasteiger partial charge on any atom is -0.481 e. The van der Waals surface area contributed by atoms with E-state index in [1.54, 1.807) is 34.0 Å². The Kier molecular flexibility index (Phi) is 4.16. The summed E-state index contributed by atoms with van der Waals surface area (Å²) in [5, 5.41) is 19.3. The number of carboxylic acids is 1. The van der Waals surface area contributed by atoms with Crippen LogP contribution in [0.4, 0.5) is 0 Å². The summed E-state index contributed by atoms with van der Waals surface area (Å²) in [6, 6.07) is 3.96. The predicted molar refractivity (Wildman–Crippen MR) is 84.3 cm³/mol. The van der Waals surface area contributed by atoms with E-state index < -0.39 is 11.4 Å². The fourth-order valence-electron chi connectivity index (χ4n) is 2.79. The summed E-state index contributed by atoms with van der Waals surface area (Å²) in [6.45, 7) is 3.02. The summed E-state index contributed by atoms with van der Waals surface area (Å²) in [6.07, 6.45) is 2.88. The molecule has 122 valence electrons. The number of carbonyl (C=O) groups is 2. The van der Waals surface area contributed by atoms with E-state index in [0.29, 0.717) is 25.9 Å². The summed E-state index contributed by atoms with van der Waals surface area (Å²) < 4.78 is 1.62. The molecule has 1 saturated heterocycles. The van der Waals surface area contributed by atoms with E-state index in [1.807, 2.05) is 17.5 Å². The zero-order valence-corrected chi connectivity index (χ0v) is 13.6. The van der Waals surface area contributed by atoms with E-state index in [-0.39, 0.29) is 18.1 Å². The molecule has 3 heterocycles. The van der Waals surface area contributed by atoms with Gasteiger partial charge in [-0.1, -0.05) is 11.3 Å². The van der Waals surface area contributed by atoms with Crippen LogP contribution in [0.15, 0.2) is 23.7 Å². The van der Waals surface area contributed by atoms with Crippen molar-refractivity contribution in [3.63, 3.8) is 0 Å². The first-order chi connectivity index (χ1) is 11.0. The van der Waals surface area contributed by atoms with Crippen LogP contribution in [-0.2, 0) is 11.3 Å². The molecular weight excluding hydrogens is 316 g/mol. The SMILES string of the molecule is CC1(C(=O)O)CCCN(C(=O)c2cn(Cc3cccs3)nn2)C1. The zero-order valence-electron chi connectivity index (χ0n) is 12.8. The Morgan fingerprint density at radius 1 is 1.48 bits per heavy atom. The molecule has 0 bridgehead atoms. The van der Waals surface area contributed by atoms with Crippen LogP contribution in [0.25, 0.3) is 0 Å². The number of thiophene rings is 1. The average molecular weight is 334 g/mol. The minimum atomic E-state index is -0.888. The van der Waals surface area contributed by atoms with Gasteiger partial charge in [0.15, 0.2) is 5.69 Å². The number of hydrogen-bond acceptors (Lipinski definition) is 5. The number of piperidine rings is 1. The van der Waals surface area contributed by atoms with Gasteiger partial charge in [-0.2, -0.15) is 0 Å². The molecule has 2 aromatic rings. The average Bonchev–Trinajstić information content (AvgIpc) is 3.19. The summed E-state index contributed by atoms with van der Waals surface area (Å²) in [5.74, 6) is -1.12. The van der Waals surface area contributed by atoms with E-state index >= 15 is 0 Å². The van der Waals surface area contributed by atoms with E-state index in [2.05, 4.69) is 10.3 Å². The van der Waals surface area contributed by atoms with Crippen molar-refractivity contribution in [1.82, 2.24) is 19.9 Å². The third kappa shape index (κ3) is 3.26. The smallest absolute Gasteiger partial charge is 0.311 e. The van der Waals surface area contributed by atoms with Gasteiger partial charge in [0.25, 0.3) is 5.91 Å². The number of likely N-dealkylation sites (tertiary alicyclic amines) is 1. The normalized spacial score (nSPS) is 21.3. The first-order valence-electron chi connectivity index (χ1n) is 7.43. The van der Waals surface area contributed by atoms with Crippen LogP contribution >= 0.6 is 11.3 Å². The Bertz CT molecular complexity index is 712. The molecule has 1 aliphatic heterocycles. The van der Waals surface area contributed by atoms with Gasteiger partial charge in [0.05, 0.1) is 18.2 Å². The first kappa shape index (κ1) is 15.7. The van der Waals surface area contributed by atoms with Crippen molar-refractivity contribution in [2.24, 2.45) is 5.41 Å². The van der Waals surface area contributed by atoms with Crippen LogP contribution in [0, 0.1) is 5.41 Å². The topological polar surface area (TPSA) is 88.3 Å². The maximum atomic E-state index is 12.5. The Morgan fingerprint density at radius 3 is 3.00 bits per heavy atom. The molecule has 1 unspecified atom stereocenters. The molecule has 8 heteroatoms. The van der Waals surface area contributed by atoms with Gasteiger partial charge in [-0.25, -0.2) is 4.68 Å². The monoisotopic (exact) mass is 334 g/mol. The highest BCUT2D eigenvalue weighted by molar-refractivity contribution is 7.09. The molecule has 7 nitrogen and oxygen atoms in total. The lowest BCUT2D eigenvalue weighted by Crippen LogP contribution is -2.48. The number of nitrogens with zero attached hydrogens (tertiary/aromatic N) is 4. The van der Waals surface area contributed by atoms with Crippen molar-refractivity contribution in [3.05, 3.63) is 34.3 Å². The van der Waals surface area contributed by atoms with Gasteiger partial charge in [-0.3, -0.25) is 9.59 Å². The maximum Gasteiger partial charge on any atom is 0.311 e. The minimum absolute atomic E-state index is 0.207. The molecule has 23 heavy (non-hydrogen) atoms. The van der Waals surface area contributed by atoms with Gasteiger partial charge in [-0.05, 0) is 31.2 Å². The number of carboxylic acid groups (broad SMARTS) is 1. The third-order valence-electron chi connectivity index (χ3n) is 4.16. The van der Waals surface area contributed by atoms with Crippen molar-refractivity contribution in [2.75, 3.05) is 13.1 Å².